The van der Waals surface area contributed by atoms with Gasteiger partial charge >= 0.3 is 0 Å². The van der Waals surface area contributed by atoms with Crippen LogP contribution in [0.4, 0.5) is 0 Å². The van der Waals surface area contributed by atoms with Gasteiger partial charge in [0.25, 0.3) is 6.47 Å². The molecule has 1 rings (SSSR count). The van der Waals surface area contributed by atoms with Gasteiger partial charge in [0.2, 0.25) is 5.88 Å². The second kappa shape index (κ2) is 4.33. The van der Waals surface area contributed by atoms with Crippen LogP contribution >= 0.6 is 0 Å². The molecule has 1 aromatic rings. The summed E-state index contributed by atoms with van der Waals surface area (Å²) >= 11 is 0. The Labute approximate surface area is 70.1 Å². The Kier molecular flexibility index (Phi) is 3.07. The molecule has 0 aliphatic rings. The number of methoxy groups -OCH3 is 1. The van der Waals surface area contributed by atoms with Gasteiger partial charge in [0.05, 0.1) is 12.8 Å². The molecule has 0 saturated heterocycles. The van der Waals surface area contributed by atoms with E-state index in [0.717, 1.165) is 0 Å². The number of carbonyl (C=O) groups is 1. The van der Waals surface area contributed by atoms with E-state index in [-0.39, 0.29) is 6.61 Å². The first-order chi connectivity index (χ1) is 5.86. The van der Waals surface area contributed by atoms with Gasteiger partial charge in [-0.2, -0.15) is 0 Å². The van der Waals surface area contributed by atoms with E-state index in [1.165, 1.54) is 7.11 Å². The standard InChI is InChI=1S/C8H9NO3/c1-11-8-4-2-3-7(9-8)5-12-6-10/h2-4,6H,5H2,1H3. The van der Waals surface area contributed by atoms with Crippen molar-refractivity contribution in [1.82, 2.24) is 4.98 Å². The van der Waals surface area contributed by atoms with Gasteiger partial charge in [0.15, 0.2) is 0 Å². The third-order valence-electron chi connectivity index (χ3n) is 1.29. The van der Waals surface area contributed by atoms with E-state index < -0.39 is 0 Å². The SMILES string of the molecule is COc1cccc(COC=O)n1. The molecule has 4 nitrogen and oxygen atoms in total. The molecule has 0 fully saturated rings. The smallest absolute Gasteiger partial charge is 0.293 e. The zero-order valence-corrected chi connectivity index (χ0v) is 6.69. The number of carbonyl (C=O) groups excluding carboxylic acids is 1. The summed E-state index contributed by atoms with van der Waals surface area (Å²) in [5, 5.41) is 0. The second-order valence-electron chi connectivity index (χ2n) is 2.08. The van der Waals surface area contributed by atoms with Gasteiger partial charge in [0, 0.05) is 6.07 Å². The summed E-state index contributed by atoms with van der Waals surface area (Å²) in [6.07, 6.45) is 0. The van der Waals surface area contributed by atoms with Gasteiger partial charge < -0.3 is 9.47 Å². The molecule has 0 aliphatic carbocycles. The summed E-state index contributed by atoms with van der Waals surface area (Å²) in [5.41, 5.74) is 0.668. The van der Waals surface area contributed by atoms with Gasteiger partial charge in [-0.15, -0.1) is 0 Å². The van der Waals surface area contributed by atoms with E-state index in [1.54, 1.807) is 18.2 Å². The fraction of sp³-hybridized carbons (Fsp3) is 0.250. The summed E-state index contributed by atoms with van der Waals surface area (Å²) in [6.45, 7) is 0.571. The maximum absolute atomic E-state index is 9.85. The van der Waals surface area contributed by atoms with Gasteiger partial charge in [-0.05, 0) is 6.07 Å². The maximum Gasteiger partial charge on any atom is 0.293 e. The highest BCUT2D eigenvalue weighted by molar-refractivity contribution is 5.37. The molecular formula is C8H9NO3. The van der Waals surface area contributed by atoms with E-state index in [1.807, 2.05) is 0 Å². The lowest BCUT2D eigenvalue weighted by Gasteiger charge is -2.01. The van der Waals surface area contributed by atoms with Crippen molar-refractivity contribution in [3.05, 3.63) is 23.9 Å². The van der Waals surface area contributed by atoms with Crippen LogP contribution in [0.2, 0.25) is 0 Å². The highest BCUT2D eigenvalue weighted by Crippen LogP contribution is 2.06. The molecule has 0 amide bonds. The fourth-order valence-electron chi connectivity index (χ4n) is 0.771. The maximum atomic E-state index is 9.85. The zero-order chi connectivity index (χ0) is 8.81. The first-order valence-electron chi connectivity index (χ1n) is 3.42. The molecular weight excluding hydrogens is 158 g/mol. The number of nitrogens with zero attached hydrogens (tertiary/aromatic N) is 1. The van der Waals surface area contributed by atoms with Crippen molar-refractivity contribution in [2.75, 3.05) is 7.11 Å². The van der Waals surface area contributed by atoms with Crippen LogP contribution in [-0.2, 0) is 16.1 Å². The molecule has 0 atom stereocenters. The summed E-state index contributed by atoms with van der Waals surface area (Å²) in [4.78, 5) is 13.9. The number of rotatable bonds is 4. The Morgan fingerprint density at radius 2 is 2.42 bits per heavy atom. The zero-order valence-electron chi connectivity index (χ0n) is 6.69. The quantitative estimate of drug-likeness (QED) is 0.621. The van der Waals surface area contributed by atoms with Crippen LogP contribution in [0.25, 0.3) is 0 Å². The fourth-order valence-corrected chi connectivity index (χ4v) is 0.771. The first kappa shape index (κ1) is 8.52. The second-order valence-corrected chi connectivity index (χ2v) is 2.08. The number of ether oxygens (including phenoxy) is 2. The Morgan fingerprint density at radius 1 is 1.58 bits per heavy atom. The van der Waals surface area contributed by atoms with E-state index in [2.05, 4.69) is 9.72 Å². The molecule has 0 N–H and O–H groups in total. The summed E-state index contributed by atoms with van der Waals surface area (Å²) in [7, 11) is 1.53. The third-order valence-corrected chi connectivity index (χ3v) is 1.29. The minimum Gasteiger partial charge on any atom is -0.481 e. The molecule has 0 aromatic carbocycles. The van der Waals surface area contributed by atoms with Gasteiger partial charge in [-0.3, -0.25) is 4.79 Å². The first-order valence-corrected chi connectivity index (χ1v) is 3.42. The Hall–Kier alpha value is -1.58. The number of pyridine rings is 1. The van der Waals surface area contributed by atoms with Gasteiger partial charge in [0.1, 0.15) is 6.61 Å². The number of hydrogen-bond donors (Lipinski definition) is 0. The Morgan fingerprint density at radius 3 is 3.08 bits per heavy atom. The van der Waals surface area contributed by atoms with Crippen molar-refractivity contribution < 1.29 is 14.3 Å². The average molecular weight is 167 g/mol. The molecule has 4 heteroatoms. The highest BCUT2D eigenvalue weighted by Gasteiger charge is 1.96. The number of hydrogen-bond acceptors (Lipinski definition) is 4. The van der Waals surface area contributed by atoms with E-state index in [9.17, 15) is 4.79 Å². The molecule has 1 heterocycles. The Bertz CT molecular complexity index is 262. The van der Waals surface area contributed by atoms with E-state index in [4.69, 9.17) is 4.74 Å². The van der Waals surface area contributed by atoms with Crippen LogP contribution in [0.15, 0.2) is 18.2 Å². The van der Waals surface area contributed by atoms with Crippen molar-refractivity contribution in [2.45, 2.75) is 6.61 Å². The van der Waals surface area contributed by atoms with Crippen molar-refractivity contribution >= 4 is 6.47 Å². The molecule has 12 heavy (non-hydrogen) atoms. The molecule has 1 aromatic heterocycles. The molecule has 0 saturated carbocycles. The van der Waals surface area contributed by atoms with Crippen LogP contribution in [-0.4, -0.2) is 18.6 Å². The van der Waals surface area contributed by atoms with Crippen LogP contribution < -0.4 is 4.74 Å². The molecule has 0 bridgehead atoms. The highest BCUT2D eigenvalue weighted by atomic mass is 16.5. The van der Waals surface area contributed by atoms with E-state index >= 15 is 0 Å². The van der Waals surface area contributed by atoms with Crippen LogP contribution in [0.3, 0.4) is 0 Å². The van der Waals surface area contributed by atoms with E-state index in [0.29, 0.717) is 18.0 Å². The lowest BCUT2D eigenvalue weighted by Crippen LogP contribution is -1.95. The molecule has 64 valence electrons. The van der Waals surface area contributed by atoms with Gasteiger partial charge in [-0.1, -0.05) is 6.07 Å². The predicted molar refractivity (Wildman–Crippen MR) is 41.6 cm³/mol. The molecule has 0 unspecified atom stereocenters. The summed E-state index contributed by atoms with van der Waals surface area (Å²) in [6, 6.07) is 5.27. The van der Waals surface area contributed by atoms with Crippen molar-refractivity contribution in [2.24, 2.45) is 0 Å². The monoisotopic (exact) mass is 167 g/mol. The predicted octanol–water partition coefficient (Wildman–Crippen LogP) is 0.763. The lowest BCUT2D eigenvalue weighted by molar-refractivity contribution is -0.129. The van der Waals surface area contributed by atoms with Crippen molar-refractivity contribution in [1.29, 1.82) is 0 Å². The van der Waals surface area contributed by atoms with Crippen LogP contribution in [0.5, 0.6) is 5.88 Å². The minimum atomic E-state index is 0.181. The largest absolute Gasteiger partial charge is 0.481 e. The topological polar surface area (TPSA) is 48.4 Å². The molecule has 0 aliphatic heterocycles. The van der Waals surface area contributed by atoms with Gasteiger partial charge in [-0.25, -0.2) is 4.98 Å². The third kappa shape index (κ3) is 2.23. The number of aromatic nitrogens is 1. The molecule has 0 radical (unpaired) electrons. The van der Waals surface area contributed by atoms with Crippen molar-refractivity contribution in [3.8, 4) is 5.88 Å². The molecule has 0 spiro atoms. The van der Waals surface area contributed by atoms with Crippen LogP contribution in [0, 0.1) is 0 Å². The van der Waals surface area contributed by atoms with Crippen molar-refractivity contribution in [3.63, 3.8) is 0 Å². The van der Waals surface area contributed by atoms with Crippen LogP contribution in [0.1, 0.15) is 5.69 Å². The normalized spacial score (nSPS) is 9.08. The Balaban J connectivity index is 2.65. The average Bonchev–Trinajstić information content (AvgIpc) is 2.15. The lowest BCUT2D eigenvalue weighted by atomic mass is 10.4. The minimum absolute atomic E-state index is 0.181. The summed E-state index contributed by atoms with van der Waals surface area (Å²) < 4.78 is 9.40. The summed E-state index contributed by atoms with van der Waals surface area (Å²) in [5.74, 6) is 0.516.